The summed E-state index contributed by atoms with van der Waals surface area (Å²) in [6.07, 6.45) is 0. The maximum Gasteiger partial charge on any atom is 0.124 e. The molecule has 0 atom stereocenters. The number of nitrogen functional groups attached to an aromatic ring is 1. The van der Waals surface area contributed by atoms with Crippen molar-refractivity contribution in [2.75, 3.05) is 19.0 Å². The van der Waals surface area contributed by atoms with Crippen LogP contribution >= 0.6 is 15.9 Å². The molecule has 0 spiro atoms. The molecule has 70 valence electrons. The lowest BCUT2D eigenvalue weighted by Crippen LogP contribution is -2.18. The van der Waals surface area contributed by atoms with Crippen molar-refractivity contribution in [1.29, 1.82) is 5.41 Å². The third-order valence-corrected chi connectivity index (χ3v) is 2.23. The molecule has 0 amide bonds. The van der Waals surface area contributed by atoms with Crippen molar-refractivity contribution in [3.63, 3.8) is 0 Å². The van der Waals surface area contributed by atoms with E-state index in [1.54, 1.807) is 0 Å². The van der Waals surface area contributed by atoms with Crippen LogP contribution in [-0.2, 0) is 0 Å². The first-order valence-electron chi connectivity index (χ1n) is 3.83. The van der Waals surface area contributed by atoms with Gasteiger partial charge in [-0.1, -0.05) is 15.9 Å². The molecule has 0 radical (unpaired) electrons. The zero-order chi connectivity index (χ0) is 10.0. The van der Waals surface area contributed by atoms with Gasteiger partial charge in [0.05, 0.1) is 0 Å². The van der Waals surface area contributed by atoms with Gasteiger partial charge in [0.25, 0.3) is 0 Å². The Kier molecular flexibility index (Phi) is 2.93. The van der Waals surface area contributed by atoms with E-state index in [1.165, 1.54) is 0 Å². The van der Waals surface area contributed by atoms with Gasteiger partial charge in [0.15, 0.2) is 0 Å². The van der Waals surface area contributed by atoms with Gasteiger partial charge < -0.3 is 10.6 Å². The van der Waals surface area contributed by atoms with Crippen LogP contribution in [0.5, 0.6) is 0 Å². The molecule has 4 heteroatoms. The molecule has 1 aromatic carbocycles. The Morgan fingerprint density at radius 3 is 2.54 bits per heavy atom. The van der Waals surface area contributed by atoms with Crippen molar-refractivity contribution in [3.8, 4) is 0 Å². The number of nitrogens with two attached hydrogens (primary N) is 1. The van der Waals surface area contributed by atoms with Crippen LogP contribution < -0.4 is 10.6 Å². The molecule has 1 aromatic rings. The summed E-state index contributed by atoms with van der Waals surface area (Å²) in [5.74, 6) is 0.0937. The van der Waals surface area contributed by atoms with Crippen LogP contribution in [0.1, 0.15) is 5.56 Å². The number of nitrogens with one attached hydrogen (secondary N) is 1. The number of hydrogen-bond acceptors (Lipinski definition) is 2. The molecule has 0 aliphatic heterocycles. The third kappa shape index (κ3) is 2.21. The van der Waals surface area contributed by atoms with Crippen LogP contribution in [-0.4, -0.2) is 19.9 Å². The molecule has 0 aromatic heterocycles. The third-order valence-electron chi connectivity index (χ3n) is 1.73. The monoisotopic (exact) mass is 241 g/mol. The minimum Gasteiger partial charge on any atom is -0.384 e. The molecule has 3 nitrogen and oxygen atoms in total. The van der Waals surface area contributed by atoms with E-state index in [0.717, 1.165) is 15.7 Å². The van der Waals surface area contributed by atoms with Gasteiger partial charge >= 0.3 is 0 Å². The van der Waals surface area contributed by atoms with Gasteiger partial charge in [-0.15, -0.1) is 0 Å². The Bertz CT molecular complexity index is 334. The maximum atomic E-state index is 7.38. The fraction of sp³-hybridized carbons (Fsp3) is 0.222. The molecule has 3 N–H and O–H groups in total. The zero-order valence-electron chi connectivity index (χ0n) is 7.63. The summed E-state index contributed by atoms with van der Waals surface area (Å²) in [7, 11) is 3.85. The van der Waals surface area contributed by atoms with Crippen LogP contribution in [0.4, 0.5) is 5.69 Å². The van der Waals surface area contributed by atoms with E-state index >= 15 is 0 Å². The highest BCUT2D eigenvalue weighted by Crippen LogP contribution is 2.22. The molecule has 0 bridgehead atoms. The average molecular weight is 242 g/mol. The Morgan fingerprint density at radius 1 is 1.46 bits per heavy atom. The summed E-state index contributed by atoms with van der Waals surface area (Å²) in [6.45, 7) is 0. The second-order valence-electron chi connectivity index (χ2n) is 2.97. The predicted molar refractivity (Wildman–Crippen MR) is 59.5 cm³/mol. The topological polar surface area (TPSA) is 53.1 Å². The molecule has 0 aliphatic carbocycles. The number of hydrogen-bond donors (Lipinski definition) is 2. The molecule has 0 heterocycles. The molecule has 0 saturated heterocycles. The Hall–Kier alpha value is -1.03. The molecular formula is C9H12BrN3. The quantitative estimate of drug-likeness (QED) is 0.613. The summed E-state index contributed by atoms with van der Waals surface area (Å²) in [5, 5.41) is 7.38. The van der Waals surface area contributed by atoms with Crippen molar-refractivity contribution in [2.45, 2.75) is 0 Å². The van der Waals surface area contributed by atoms with Crippen LogP contribution in [0.2, 0.25) is 0 Å². The molecule has 0 aliphatic rings. The van der Waals surface area contributed by atoms with Gasteiger partial charge in [-0.3, -0.25) is 5.41 Å². The van der Waals surface area contributed by atoms with Crippen LogP contribution in [0.3, 0.4) is 0 Å². The van der Waals surface area contributed by atoms with E-state index in [4.69, 9.17) is 11.1 Å². The summed E-state index contributed by atoms with van der Waals surface area (Å²) >= 11 is 3.38. The van der Waals surface area contributed by atoms with Crippen molar-refractivity contribution < 1.29 is 0 Å². The van der Waals surface area contributed by atoms with Gasteiger partial charge in [0, 0.05) is 29.8 Å². The van der Waals surface area contributed by atoms with Gasteiger partial charge in [0.2, 0.25) is 0 Å². The zero-order valence-corrected chi connectivity index (χ0v) is 9.22. The average Bonchev–Trinajstić information content (AvgIpc) is 2.03. The van der Waals surface area contributed by atoms with E-state index in [2.05, 4.69) is 15.9 Å². The minimum absolute atomic E-state index is 0.0937. The second kappa shape index (κ2) is 3.79. The van der Waals surface area contributed by atoms with Crippen molar-refractivity contribution in [2.24, 2.45) is 5.73 Å². The Morgan fingerprint density at radius 2 is 2.08 bits per heavy atom. The molecule has 0 saturated carbocycles. The van der Waals surface area contributed by atoms with Crippen LogP contribution in [0, 0.1) is 5.41 Å². The maximum absolute atomic E-state index is 7.38. The highest BCUT2D eigenvalue weighted by molar-refractivity contribution is 9.10. The lowest BCUT2D eigenvalue weighted by molar-refractivity contribution is 1.12. The van der Waals surface area contributed by atoms with E-state index in [0.29, 0.717) is 0 Å². The van der Waals surface area contributed by atoms with Crippen molar-refractivity contribution >= 4 is 27.5 Å². The lowest BCUT2D eigenvalue weighted by atomic mass is 10.1. The van der Waals surface area contributed by atoms with E-state index < -0.39 is 0 Å². The van der Waals surface area contributed by atoms with E-state index in [-0.39, 0.29) is 5.84 Å². The largest absolute Gasteiger partial charge is 0.384 e. The minimum atomic E-state index is 0.0937. The number of nitrogens with zero attached hydrogens (tertiary/aromatic N) is 1. The highest BCUT2D eigenvalue weighted by atomic mass is 79.9. The number of rotatable bonds is 2. The summed E-state index contributed by atoms with van der Waals surface area (Å²) < 4.78 is 0.987. The lowest BCUT2D eigenvalue weighted by Gasteiger charge is -2.16. The van der Waals surface area contributed by atoms with Gasteiger partial charge in [0.1, 0.15) is 5.84 Å². The molecule has 0 unspecified atom stereocenters. The SMILES string of the molecule is CN(C)c1cc(Br)ccc1C(=N)N. The predicted octanol–water partition coefficient (Wildman–Crippen LogP) is 1.80. The normalized spacial score (nSPS) is 9.77. The molecule has 1 rings (SSSR count). The first-order valence-corrected chi connectivity index (χ1v) is 4.63. The molecule has 13 heavy (non-hydrogen) atoms. The van der Waals surface area contributed by atoms with Gasteiger partial charge in [-0.05, 0) is 18.2 Å². The van der Waals surface area contributed by atoms with Crippen LogP contribution in [0.25, 0.3) is 0 Å². The standard InChI is InChI=1S/C9H12BrN3/c1-13(2)8-5-6(10)3-4-7(8)9(11)12/h3-5H,1-2H3,(H3,11,12). The smallest absolute Gasteiger partial charge is 0.124 e. The number of amidine groups is 1. The van der Waals surface area contributed by atoms with Crippen LogP contribution in [0.15, 0.2) is 22.7 Å². The first kappa shape index (κ1) is 10.1. The van der Waals surface area contributed by atoms with E-state index in [1.807, 2.05) is 37.2 Å². The fourth-order valence-corrected chi connectivity index (χ4v) is 1.45. The van der Waals surface area contributed by atoms with Gasteiger partial charge in [-0.2, -0.15) is 0 Å². The van der Waals surface area contributed by atoms with Crippen molar-refractivity contribution in [3.05, 3.63) is 28.2 Å². The number of benzene rings is 1. The second-order valence-corrected chi connectivity index (χ2v) is 3.89. The Balaban J connectivity index is 3.26. The summed E-state index contributed by atoms with van der Waals surface area (Å²) in [4.78, 5) is 1.93. The number of halogens is 1. The fourth-order valence-electron chi connectivity index (χ4n) is 1.10. The van der Waals surface area contributed by atoms with Gasteiger partial charge in [-0.25, -0.2) is 0 Å². The molecular weight excluding hydrogens is 230 g/mol. The highest BCUT2D eigenvalue weighted by Gasteiger charge is 2.06. The summed E-state index contributed by atoms with van der Waals surface area (Å²) in [6, 6.07) is 5.65. The first-order chi connectivity index (χ1) is 6.02. The summed E-state index contributed by atoms with van der Waals surface area (Å²) in [5.41, 5.74) is 7.15. The molecule has 0 fully saturated rings. The Labute approximate surface area is 86.2 Å². The van der Waals surface area contributed by atoms with Crippen molar-refractivity contribution in [1.82, 2.24) is 0 Å². The number of anilines is 1. The van der Waals surface area contributed by atoms with E-state index in [9.17, 15) is 0 Å².